The number of hydrogen-bond donors (Lipinski definition) is 10. The number of hydrogen-bond acceptors (Lipinski definition) is 10. The molecule has 0 radical (unpaired) electrons. The van der Waals surface area contributed by atoms with Gasteiger partial charge in [0.15, 0.2) is 0 Å². The first kappa shape index (κ1) is 38.7. The van der Waals surface area contributed by atoms with Gasteiger partial charge in [0.2, 0.25) is 0 Å². The minimum atomic E-state index is -1.08. The molecule has 0 saturated carbocycles. The summed E-state index contributed by atoms with van der Waals surface area (Å²) in [5, 5.41) is 79.0. The number of aliphatic hydroxyl groups excluding tert-OH is 4. The van der Waals surface area contributed by atoms with E-state index in [4.69, 9.17) is 20.4 Å². The maximum Gasteiger partial charge on any atom is 0.303 e. The SMILES string of the molecule is CC(C)(C)NCC(O)c1ccc(O)c(CO)c1.CC(C)(C)NCC(O)c1ccc(O)c(CO)c1.O=C(O)CCC(=O)O. The lowest BCUT2D eigenvalue weighted by molar-refractivity contribution is -0.143. The van der Waals surface area contributed by atoms with E-state index >= 15 is 0 Å². The summed E-state index contributed by atoms with van der Waals surface area (Å²) in [5.74, 6) is -2.06. The number of carboxylic acids is 2. The van der Waals surface area contributed by atoms with E-state index in [1.165, 1.54) is 12.1 Å². The van der Waals surface area contributed by atoms with Gasteiger partial charge in [0.1, 0.15) is 11.5 Å². The van der Waals surface area contributed by atoms with Gasteiger partial charge in [-0.15, -0.1) is 0 Å². The highest BCUT2D eigenvalue weighted by atomic mass is 16.4. The third-order valence-corrected chi connectivity index (χ3v) is 5.52. The van der Waals surface area contributed by atoms with Crippen molar-refractivity contribution in [3.8, 4) is 11.5 Å². The zero-order valence-corrected chi connectivity index (χ0v) is 25.3. The Morgan fingerprint density at radius 1 is 0.667 bits per heavy atom. The van der Waals surface area contributed by atoms with Gasteiger partial charge in [0.05, 0.1) is 38.3 Å². The smallest absolute Gasteiger partial charge is 0.303 e. The predicted molar refractivity (Wildman–Crippen MR) is 158 cm³/mol. The molecule has 2 aromatic rings. The van der Waals surface area contributed by atoms with Crippen LogP contribution in [0.1, 0.15) is 88.8 Å². The Kier molecular flexibility index (Phi) is 16.9. The van der Waals surface area contributed by atoms with Crippen LogP contribution in [0.5, 0.6) is 11.5 Å². The van der Waals surface area contributed by atoms with Crippen LogP contribution in [-0.4, -0.2) is 77.0 Å². The molecule has 0 saturated heterocycles. The van der Waals surface area contributed by atoms with E-state index in [-0.39, 0.29) is 48.6 Å². The van der Waals surface area contributed by atoms with Crippen LogP contribution in [0.4, 0.5) is 0 Å². The Morgan fingerprint density at radius 2 is 0.976 bits per heavy atom. The Balaban J connectivity index is 0.000000642. The van der Waals surface area contributed by atoms with Crippen LogP contribution >= 0.6 is 0 Å². The van der Waals surface area contributed by atoms with Crippen LogP contribution in [0, 0.1) is 0 Å². The van der Waals surface area contributed by atoms with Gasteiger partial charge in [-0.2, -0.15) is 0 Å². The van der Waals surface area contributed by atoms with E-state index in [0.29, 0.717) is 35.3 Å². The van der Waals surface area contributed by atoms with Crippen LogP contribution in [0.15, 0.2) is 36.4 Å². The van der Waals surface area contributed by atoms with Gasteiger partial charge in [-0.3, -0.25) is 9.59 Å². The zero-order valence-electron chi connectivity index (χ0n) is 25.3. The lowest BCUT2D eigenvalue weighted by Crippen LogP contribution is -2.38. The highest BCUT2D eigenvalue weighted by Gasteiger charge is 2.16. The lowest BCUT2D eigenvalue weighted by atomic mass is 10.0. The molecule has 0 spiro atoms. The molecule has 0 heterocycles. The summed E-state index contributed by atoms with van der Waals surface area (Å²) in [5.41, 5.74) is 2.11. The molecule has 0 aliphatic rings. The van der Waals surface area contributed by atoms with Crippen LogP contribution in [0.2, 0.25) is 0 Å². The van der Waals surface area contributed by atoms with Crippen LogP contribution in [-0.2, 0) is 22.8 Å². The Morgan fingerprint density at radius 3 is 1.21 bits per heavy atom. The highest BCUT2D eigenvalue weighted by Crippen LogP contribution is 2.23. The van der Waals surface area contributed by atoms with Crippen molar-refractivity contribution in [3.05, 3.63) is 58.7 Å². The van der Waals surface area contributed by atoms with Crippen molar-refractivity contribution < 1.29 is 50.4 Å². The van der Waals surface area contributed by atoms with Gasteiger partial charge in [0, 0.05) is 35.3 Å². The van der Waals surface area contributed by atoms with Crippen LogP contribution in [0.3, 0.4) is 0 Å². The molecule has 0 fully saturated rings. The molecule has 2 rings (SSSR count). The summed E-state index contributed by atoms with van der Waals surface area (Å²) in [6, 6.07) is 9.52. The van der Waals surface area contributed by atoms with Crippen molar-refractivity contribution >= 4 is 11.9 Å². The average molecular weight is 597 g/mol. The summed E-state index contributed by atoms with van der Waals surface area (Å²) < 4.78 is 0. The Hall–Kier alpha value is -3.26. The quantitative estimate of drug-likeness (QED) is 0.181. The summed E-state index contributed by atoms with van der Waals surface area (Å²) in [7, 11) is 0. The number of aliphatic hydroxyl groups is 4. The van der Waals surface area contributed by atoms with E-state index in [0.717, 1.165) is 0 Å². The molecule has 10 N–H and O–H groups in total. The lowest BCUT2D eigenvalue weighted by Gasteiger charge is -2.23. The van der Waals surface area contributed by atoms with E-state index in [1.807, 2.05) is 41.5 Å². The van der Waals surface area contributed by atoms with Crippen molar-refractivity contribution in [2.45, 2.75) is 90.9 Å². The fraction of sp³-hybridized carbons (Fsp3) is 0.533. The molecular weight excluding hydrogens is 548 g/mol. The maximum atomic E-state index is 9.97. The number of β-amino-alcohol motifs (C(OH)–C–C–N with tert-alkyl or cyclic N) is 2. The second-order valence-electron chi connectivity index (χ2n) is 11.7. The van der Waals surface area contributed by atoms with Crippen molar-refractivity contribution in [1.29, 1.82) is 0 Å². The van der Waals surface area contributed by atoms with Crippen molar-refractivity contribution in [1.82, 2.24) is 10.6 Å². The minimum Gasteiger partial charge on any atom is -0.508 e. The van der Waals surface area contributed by atoms with Gasteiger partial charge < -0.3 is 51.5 Å². The number of benzene rings is 2. The molecule has 12 nitrogen and oxygen atoms in total. The van der Waals surface area contributed by atoms with E-state index in [9.17, 15) is 30.0 Å². The summed E-state index contributed by atoms with van der Waals surface area (Å²) in [6.45, 7) is 12.5. The molecule has 42 heavy (non-hydrogen) atoms. The molecule has 2 aromatic carbocycles. The third-order valence-electron chi connectivity index (χ3n) is 5.52. The van der Waals surface area contributed by atoms with E-state index in [2.05, 4.69) is 10.6 Å². The largest absolute Gasteiger partial charge is 0.508 e. The van der Waals surface area contributed by atoms with E-state index in [1.54, 1.807) is 24.3 Å². The highest BCUT2D eigenvalue weighted by molar-refractivity contribution is 5.75. The number of carbonyl (C=O) groups is 2. The Labute approximate surface area is 247 Å². The summed E-state index contributed by atoms with van der Waals surface area (Å²) in [4.78, 5) is 19.3. The molecule has 238 valence electrons. The van der Waals surface area contributed by atoms with Crippen molar-refractivity contribution in [3.63, 3.8) is 0 Å². The van der Waals surface area contributed by atoms with Gasteiger partial charge >= 0.3 is 11.9 Å². The van der Waals surface area contributed by atoms with Gasteiger partial charge in [-0.1, -0.05) is 12.1 Å². The van der Waals surface area contributed by atoms with Gasteiger partial charge in [0.25, 0.3) is 0 Å². The predicted octanol–water partition coefficient (Wildman–Crippen LogP) is 2.55. The monoisotopic (exact) mass is 596 g/mol. The second kappa shape index (κ2) is 18.3. The zero-order chi connectivity index (χ0) is 32.7. The molecule has 0 aromatic heterocycles. The molecule has 2 atom stereocenters. The molecule has 0 amide bonds. The standard InChI is InChI=1S/2C13H21NO3.C4H6O4/c2*1-13(2,3)14-7-12(17)9-4-5-11(16)10(6-9)8-15;5-3(6)1-2-4(7)8/h2*4-6,12,14-17H,7-8H2,1-3H3;1-2H2,(H,5,6)(H,7,8). The van der Waals surface area contributed by atoms with Crippen LogP contribution < -0.4 is 10.6 Å². The van der Waals surface area contributed by atoms with Crippen molar-refractivity contribution in [2.75, 3.05) is 13.1 Å². The Bertz CT molecular complexity index is 1020. The molecule has 12 heteroatoms. The van der Waals surface area contributed by atoms with Gasteiger partial charge in [-0.25, -0.2) is 0 Å². The minimum absolute atomic E-state index is 0.0484. The van der Waals surface area contributed by atoms with Gasteiger partial charge in [-0.05, 0) is 76.9 Å². The first-order valence-electron chi connectivity index (χ1n) is 13.4. The molecular formula is C30H48N2O10. The first-order chi connectivity index (χ1) is 19.3. The molecule has 0 bridgehead atoms. The topological polar surface area (TPSA) is 220 Å². The van der Waals surface area contributed by atoms with Crippen LogP contribution in [0.25, 0.3) is 0 Å². The number of phenols is 2. The normalized spacial score (nSPS) is 12.7. The van der Waals surface area contributed by atoms with E-state index < -0.39 is 24.1 Å². The number of nitrogens with one attached hydrogen (secondary N) is 2. The van der Waals surface area contributed by atoms with Crippen molar-refractivity contribution in [2.24, 2.45) is 0 Å². The summed E-state index contributed by atoms with van der Waals surface area (Å²) >= 11 is 0. The first-order valence-corrected chi connectivity index (χ1v) is 13.4. The maximum absolute atomic E-state index is 9.97. The fourth-order valence-electron chi connectivity index (χ4n) is 3.13. The number of rotatable bonds is 11. The number of aromatic hydroxyl groups is 2. The molecule has 0 aliphatic heterocycles. The molecule has 2 unspecified atom stereocenters. The number of aliphatic carboxylic acids is 2. The molecule has 0 aliphatic carbocycles. The second-order valence-corrected chi connectivity index (χ2v) is 11.7. The summed E-state index contributed by atoms with van der Waals surface area (Å²) in [6.07, 6.45) is -1.90. The average Bonchev–Trinajstić information content (AvgIpc) is 2.89. The number of carboxylic acid groups (broad SMARTS) is 2. The third kappa shape index (κ3) is 17.5. The fourth-order valence-corrected chi connectivity index (χ4v) is 3.13.